The zero-order chi connectivity index (χ0) is 11.3. The van der Waals surface area contributed by atoms with E-state index in [1.165, 1.54) is 12.8 Å². The third kappa shape index (κ3) is 4.47. The molecule has 4 heteroatoms. The number of ether oxygens (including phenoxy) is 1. The van der Waals surface area contributed by atoms with Gasteiger partial charge in [-0.05, 0) is 25.8 Å². The van der Waals surface area contributed by atoms with Crippen LogP contribution in [0.15, 0.2) is 0 Å². The van der Waals surface area contributed by atoms with Crippen molar-refractivity contribution in [1.82, 2.24) is 4.90 Å². The number of aliphatic hydroxyl groups excluding tert-OH is 1. The van der Waals surface area contributed by atoms with Crippen molar-refractivity contribution in [2.75, 3.05) is 33.9 Å². The van der Waals surface area contributed by atoms with E-state index in [4.69, 9.17) is 10.5 Å². The molecule has 1 saturated carbocycles. The Morgan fingerprint density at radius 3 is 2.80 bits per heavy atom. The standard InChI is InChI=1S/C11H24N2O2/c1-13(7-10(14)8-15-2)6-9-4-3-5-11(9)12/h9-11,14H,3-8,12H2,1-2H3. The molecule has 0 saturated heterocycles. The maximum Gasteiger partial charge on any atom is 0.0899 e. The molecule has 0 spiro atoms. The Morgan fingerprint density at radius 1 is 1.53 bits per heavy atom. The van der Waals surface area contributed by atoms with Gasteiger partial charge >= 0.3 is 0 Å². The Balaban J connectivity index is 2.19. The van der Waals surface area contributed by atoms with Crippen molar-refractivity contribution in [2.24, 2.45) is 11.7 Å². The lowest BCUT2D eigenvalue weighted by atomic mass is 10.0. The molecular weight excluding hydrogens is 192 g/mol. The van der Waals surface area contributed by atoms with E-state index in [9.17, 15) is 5.11 Å². The summed E-state index contributed by atoms with van der Waals surface area (Å²) in [6.45, 7) is 2.06. The number of nitrogens with two attached hydrogens (primary N) is 1. The van der Waals surface area contributed by atoms with Gasteiger partial charge in [-0.3, -0.25) is 0 Å². The second-order valence-electron chi connectivity index (χ2n) is 4.69. The van der Waals surface area contributed by atoms with Gasteiger partial charge in [0.25, 0.3) is 0 Å². The van der Waals surface area contributed by atoms with Gasteiger partial charge in [0.2, 0.25) is 0 Å². The Labute approximate surface area is 92.4 Å². The van der Waals surface area contributed by atoms with E-state index in [1.54, 1.807) is 7.11 Å². The highest BCUT2D eigenvalue weighted by Gasteiger charge is 2.25. The van der Waals surface area contributed by atoms with E-state index in [0.717, 1.165) is 13.0 Å². The van der Waals surface area contributed by atoms with Crippen molar-refractivity contribution in [3.05, 3.63) is 0 Å². The summed E-state index contributed by atoms with van der Waals surface area (Å²) in [6, 6.07) is 0.354. The Morgan fingerprint density at radius 2 is 2.27 bits per heavy atom. The number of hydrogen-bond acceptors (Lipinski definition) is 4. The normalized spacial score (nSPS) is 28.6. The number of aliphatic hydroxyl groups is 1. The fourth-order valence-corrected chi connectivity index (χ4v) is 2.37. The van der Waals surface area contributed by atoms with Crippen LogP contribution in [0.3, 0.4) is 0 Å². The van der Waals surface area contributed by atoms with Crippen LogP contribution in [-0.4, -0.2) is 56.0 Å². The molecule has 0 aromatic carbocycles. The van der Waals surface area contributed by atoms with Gasteiger partial charge in [0, 0.05) is 26.2 Å². The largest absolute Gasteiger partial charge is 0.389 e. The number of rotatable bonds is 6. The first kappa shape index (κ1) is 12.9. The van der Waals surface area contributed by atoms with Gasteiger partial charge in [-0.15, -0.1) is 0 Å². The fraction of sp³-hybridized carbons (Fsp3) is 1.00. The monoisotopic (exact) mass is 216 g/mol. The van der Waals surface area contributed by atoms with Crippen LogP contribution >= 0.6 is 0 Å². The quantitative estimate of drug-likeness (QED) is 0.659. The molecule has 0 radical (unpaired) electrons. The summed E-state index contributed by atoms with van der Waals surface area (Å²) >= 11 is 0. The summed E-state index contributed by atoms with van der Waals surface area (Å²) in [5.74, 6) is 0.602. The van der Waals surface area contributed by atoms with E-state index in [-0.39, 0.29) is 0 Å². The average molecular weight is 216 g/mol. The lowest BCUT2D eigenvalue weighted by Gasteiger charge is -2.25. The van der Waals surface area contributed by atoms with Gasteiger partial charge < -0.3 is 20.5 Å². The summed E-state index contributed by atoms with van der Waals surface area (Å²) in [5, 5.41) is 9.56. The molecule has 0 heterocycles. The second kappa shape index (κ2) is 6.43. The molecule has 1 aliphatic rings. The third-order valence-corrected chi connectivity index (χ3v) is 3.15. The van der Waals surface area contributed by atoms with Gasteiger partial charge in [-0.25, -0.2) is 0 Å². The molecule has 0 aromatic heterocycles. The van der Waals surface area contributed by atoms with Crippen LogP contribution in [0.5, 0.6) is 0 Å². The van der Waals surface area contributed by atoms with E-state index < -0.39 is 6.10 Å². The van der Waals surface area contributed by atoms with Crippen molar-refractivity contribution in [1.29, 1.82) is 0 Å². The molecule has 0 bridgehead atoms. The minimum atomic E-state index is -0.391. The predicted molar refractivity (Wildman–Crippen MR) is 60.7 cm³/mol. The van der Waals surface area contributed by atoms with Gasteiger partial charge in [0.05, 0.1) is 12.7 Å². The summed E-state index contributed by atoms with van der Waals surface area (Å²) < 4.78 is 4.89. The van der Waals surface area contributed by atoms with E-state index in [2.05, 4.69) is 4.90 Å². The maximum atomic E-state index is 9.56. The van der Waals surface area contributed by atoms with Crippen molar-refractivity contribution in [3.8, 4) is 0 Å². The van der Waals surface area contributed by atoms with E-state index in [0.29, 0.717) is 25.1 Å². The lowest BCUT2D eigenvalue weighted by Crippen LogP contribution is -2.38. The maximum absolute atomic E-state index is 9.56. The molecule has 1 aliphatic carbocycles. The molecule has 90 valence electrons. The van der Waals surface area contributed by atoms with Crippen LogP contribution in [0.1, 0.15) is 19.3 Å². The molecule has 3 atom stereocenters. The Bertz CT molecular complexity index is 178. The number of methoxy groups -OCH3 is 1. The molecule has 4 nitrogen and oxygen atoms in total. The molecule has 0 aromatic rings. The minimum absolute atomic E-state index is 0.354. The highest BCUT2D eigenvalue weighted by Crippen LogP contribution is 2.24. The third-order valence-electron chi connectivity index (χ3n) is 3.15. The van der Waals surface area contributed by atoms with Crippen LogP contribution in [0.4, 0.5) is 0 Å². The van der Waals surface area contributed by atoms with Crippen LogP contribution < -0.4 is 5.73 Å². The lowest BCUT2D eigenvalue weighted by molar-refractivity contribution is 0.0401. The SMILES string of the molecule is COCC(O)CN(C)CC1CCCC1N. The minimum Gasteiger partial charge on any atom is -0.389 e. The van der Waals surface area contributed by atoms with E-state index >= 15 is 0 Å². The first-order chi connectivity index (χ1) is 7.13. The fourth-order valence-electron chi connectivity index (χ4n) is 2.37. The first-order valence-electron chi connectivity index (χ1n) is 5.74. The Hall–Kier alpha value is -0.160. The van der Waals surface area contributed by atoms with Crippen molar-refractivity contribution in [3.63, 3.8) is 0 Å². The topological polar surface area (TPSA) is 58.7 Å². The smallest absolute Gasteiger partial charge is 0.0899 e. The van der Waals surface area contributed by atoms with Crippen molar-refractivity contribution in [2.45, 2.75) is 31.4 Å². The molecular formula is C11H24N2O2. The second-order valence-corrected chi connectivity index (χ2v) is 4.69. The van der Waals surface area contributed by atoms with Crippen molar-refractivity contribution >= 4 is 0 Å². The number of likely N-dealkylation sites (N-methyl/N-ethyl adjacent to an activating group) is 1. The van der Waals surface area contributed by atoms with E-state index in [1.807, 2.05) is 7.05 Å². The molecule has 0 aliphatic heterocycles. The average Bonchev–Trinajstić information content (AvgIpc) is 2.52. The molecule has 3 unspecified atom stereocenters. The van der Waals surface area contributed by atoms with Crippen LogP contribution in [0.25, 0.3) is 0 Å². The highest BCUT2D eigenvalue weighted by molar-refractivity contribution is 4.82. The summed E-state index contributed by atoms with van der Waals surface area (Å²) in [4.78, 5) is 2.15. The first-order valence-corrected chi connectivity index (χ1v) is 5.74. The molecule has 15 heavy (non-hydrogen) atoms. The van der Waals surface area contributed by atoms with Crippen LogP contribution in [0.2, 0.25) is 0 Å². The summed E-state index contributed by atoms with van der Waals surface area (Å²) in [7, 11) is 3.64. The van der Waals surface area contributed by atoms with Crippen LogP contribution in [0, 0.1) is 5.92 Å². The molecule has 1 fully saturated rings. The molecule has 0 amide bonds. The van der Waals surface area contributed by atoms with Gasteiger partial charge in [0.1, 0.15) is 0 Å². The van der Waals surface area contributed by atoms with Crippen LogP contribution in [-0.2, 0) is 4.74 Å². The number of nitrogens with zero attached hydrogens (tertiary/aromatic N) is 1. The summed E-state index contributed by atoms with van der Waals surface area (Å²) in [5.41, 5.74) is 6.00. The predicted octanol–water partition coefficient (Wildman–Crippen LogP) is 0.0529. The Kier molecular flexibility index (Phi) is 5.53. The zero-order valence-electron chi connectivity index (χ0n) is 9.85. The highest BCUT2D eigenvalue weighted by atomic mass is 16.5. The zero-order valence-corrected chi connectivity index (χ0v) is 9.85. The van der Waals surface area contributed by atoms with Gasteiger partial charge in [0.15, 0.2) is 0 Å². The molecule has 1 rings (SSSR count). The van der Waals surface area contributed by atoms with Gasteiger partial charge in [-0.2, -0.15) is 0 Å². The summed E-state index contributed by atoms with van der Waals surface area (Å²) in [6.07, 6.45) is 3.24. The van der Waals surface area contributed by atoms with Gasteiger partial charge in [-0.1, -0.05) is 6.42 Å². The van der Waals surface area contributed by atoms with Crippen molar-refractivity contribution < 1.29 is 9.84 Å². The molecule has 3 N–H and O–H groups in total. The number of hydrogen-bond donors (Lipinski definition) is 2.